The molecule has 0 aliphatic heterocycles. The molecular weight excluding hydrogens is 278 g/mol. The van der Waals surface area contributed by atoms with Gasteiger partial charge in [-0.1, -0.05) is 43.5 Å². The summed E-state index contributed by atoms with van der Waals surface area (Å²) in [7, 11) is 0. The predicted molar refractivity (Wildman–Crippen MR) is 91.1 cm³/mol. The average Bonchev–Trinajstić information content (AvgIpc) is 3.32. The Morgan fingerprint density at radius 1 is 1.19 bits per heavy atom. The minimum absolute atomic E-state index is 0.688. The number of nitrogens with one attached hydrogen (secondary N) is 1. The number of benzene rings is 1. The third kappa shape index (κ3) is 3.81. The zero-order chi connectivity index (χ0) is 14.8. The van der Waals surface area contributed by atoms with Gasteiger partial charge in [0.05, 0.1) is 0 Å². The first-order chi connectivity index (χ1) is 10.2. The molecule has 116 valence electrons. The maximum absolute atomic E-state index is 6.37. The van der Waals surface area contributed by atoms with Gasteiger partial charge in [-0.3, -0.25) is 0 Å². The highest BCUT2D eigenvalue weighted by molar-refractivity contribution is 6.31. The van der Waals surface area contributed by atoms with Crippen molar-refractivity contribution in [2.24, 2.45) is 11.8 Å². The molecule has 3 rings (SSSR count). The summed E-state index contributed by atoms with van der Waals surface area (Å²) in [6, 6.07) is 7.55. The first-order valence-corrected chi connectivity index (χ1v) is 9.04. The van der Waals surface area contributed by atoms with Crippen LogP contribution in [0.25, 0.3) is 0 Å². The Bertz CT molecular complexity index is 480. The fourth-order valence-electron chi connectivity index (χ4n) is 3.79. The number of halogens is 1. The van der Waals surface area contributed by atoms with E-state index in [0.717, 1.165) is 22.9 Å². The molecule has 0 saturated heterocycles. The van der Waals surface area contributed by atoms with E-state index >= 15 is 0 Å². The van der Waals surface area contributed by atoms with Crippen LogP contribution in [-0.4, -0.2) is 12.6 Å². The van der Waals surface area contributed by atoms with Crippen molar-refractivity contribution in [2.75, 3.05) is 6.54 Å². The van der Waals surface area contributed by atoms with E-state index in [2.05, 4.69) is 37.4 Å². The summed E-state index contributed by atoms with van der Waals surface area (Å²) in [6.45, 7) is 5.62. The smallest absolute Gasteiger partial charge is 0.0438 e. The van der Waals surface area contributed by atoms with Crippen molar-refractivity contribution in [3.8, 4) is 0 Å². The van der Waals surface area contributed by atoms with Crippen molar-refractivity contribution in [3.05, 3.63) is 34.3 Å². The Hall–Kier alpha value is -0.530. The summed E-state index contributed by atoms with van der Waals surface area (Å²) in [6.07, 6.45) is 8.19. The van der Waals surface area contributed by atoms with Crippen LogP contribution >= 0.6 is 11.6 Å². The van der Waals surface area contributed by atoms with E-state index in [4.69, 9.17) is 11.6 Å². The SMILES string of the molecule is CCC1CCC(CNC2CC2)C(c2ccc(C)c(Cl)c2)C1. The molecule has 21 heavy (non-hydrogen) atoms. The normalized spacial score (nSPS) is 29.6. The Morgan fingerprint density at radius 3 is 2.67 bits per heavy atom. The molecule has 0 radical (unpaired) electrons. The lowest BCUT2D eigenvalue weighted by Gasteiger charge is -2.37. The van der Waals surface area contributed by atoms with Gasteiger partial charge in [0.15, 0.2) is 0 Å². The lowest BCUT2D eigenvalue weighted by molar-refractivity contribution is 0.225. The molecule has 3 unspecified atom stereocenters. The maximum atomic E-state index is 6.37. The molecule has 1 N–H and O–H groups in total. The summed E-state index contributed by atoms with van der Waals surface area (Å²) < 4.78 is 0. The van der Waals surface area contributed by atoms with Crippen molar-refractivity contribution in [3.63, 3.8) is 0 Å². The summed E-state index contributed by atoms with van der Waals surface area (Å²) in [5.41, 5.74) is 2.65. The molecule has 1 aromatic carbocycles. The van der Waals surface area contributed by atoms with Crippen molar-refractivity contribution in [1.29, 1.82) is 0 Å². The highest BCUT2D eigenvalue weighted by Crippen LogP contribution is 2.42. The summed E-state index contributed by atoms with van der Waals surface area (Å²) >= 11 is 6.37. The van der Waals surface area contributed by atoms with E-state index < -0.39 is 0 Å². The first kappa shape index (κ1) is 15.4. The van der Waals surface area contributed by atoms with Crippen LogP contribution < -0.4 is 5.32 Å². The standard InChI is InChI=1S/C19H28ClN/c1-3-14-5-7-16(12-21-17-8-9-17)18(10-14)15-6-4-13(2)19(20)11-15/h4,6,11,14,16-18,21H,3,5,7-10,12H2,1-2H3. The van der Waals surface area contributed by atoms with E-state index in [1.165, 1.54) is 56.2 Å². The lowest BCUT2D eigenvalue weighted by atomic mass is 9.70. The molecule has 1 nitrogen and oxygen atoms in total. The third-order valence-corrected chi connectivity index (χ3v) is 5.96. The predicted octanol–water partition coefficient (Wildman–Crippen LogP) is 5.31. The van der Waals surface area contributed by atoms with Gasteiger partial charge in [-0.05, 0) is 74.1 Å². The molecule has 2 aliphatic carbocycles. The maximum Gasteiger partial charge on any atom is 0.0438 e. The van der Waals surface area contributed by atoms with Gasteiger partial charge in [0, 0.05) is 11.1 Å². The highest BCUT2D eigenvalue weighted by Gasteiger charge is 2.32. The quantitative estimate of drug-likeness (QED) is 0.777. The molecule has 2 heteroatoms. The van der Waals surface area contributed by atoms with Crippen LogP contribution in [0.15, 0.2) is 18.2 Å². The number of hydrogen-bond acceptors (Lipinski definition) is 1. The van der Waals surface area contributed by atoms with Crippen LogP contribution in [0.2, 0.25) is 5.02 Å². The van der Waals surface area contributed by atoms with Gasteiger partial charge in [0.1, 0.15) is 0 Å². The minimum Gasteiger partial charge on any atom is -0.314 e. The van der Waals surface area contributed by atoms with E-state index in [1.54, 1.807) is 0 Å². The van der Waals surface area contributed by atoms with Gasteiger partial charge < -0.3 is 5.32 Å². The van der Waals surface area contributed by atoms with Gasteiger partial charge in [-0.2, -0.15) is 0 Å². The molecular formula is C19H28ClN. The van der Waals surface area contributed by atoms with Gasteiger partial charge >= 0.3 is 0 Å². The Morgan fingerprint density at radius 2 is 2.00 bits per heavy atom. The lowest BCUT2D eigenvalue weighted by Crippen LogP contribution is -2.33. The fourth-order valence-corrected chi connectivity index (χ4v) is 3.98. The van der Waals surface area contributed by atoms with E-state index in [1.807, 2.05) is 0 Å². The number of aryl methyl sites for hydroxylation is 1. The van der Waals surface area contributed by atoms with E-state index in [0.29, 0.717) is 5.92 Å². The van der Waals surface area contributed by atoms with E-state index in [9.17, 15) is 0 Å². The molecule has 0 spiro atoms. The largest absolute Gasteiger partial charge is 0.314 e. The Balaban J connectivity index is 1.75. The average molecular weight is 306 g/mol. The van der Waals surface area contributed by atoms with Crippen LogP contribution in [-0.2, 0) is 0 Å². The summed E-state index contributed by atoms with van der Waals surface area (Å²) in [5, 5.41) is 4.68. The summed E-state index contributed by atoms with van der Waals surface area (Å²) in [5.74, 6) is 2.37. The molecule has 0 heterocycles. The molecule has 3 atom stereocenters. The van der Waals surface area contributed by atoms with Crippen LogP contribution in [0.4, 0.5) is 0 Å². The van der Waals surface area contributed by atoms with E-state index in [-0.39, 0.29) is 0 Å². The van der Waals surface area contributed by atoms with Crippen molar-refractivity contribution < 1.29 is 0 Å². The molecule has 0 aromatic heterocycles. The molecule has 2 fully saturated rings. The zero-order valence-corrected chi connectivity index (χ0v) is 14.1. The zero-order valence-electron chi connectivity index (χ0n) is 13.4. The monoisotopic (exact) mass is 305 g/mol. The van der Waals surface area contributed by atoms with Gasteiger partial charge in [0.25, 0.3) is 0 Å². The topological polar surface area (TPSA) is 12.0 Å². The fraction of sp³-hybridized carbons (Fsp3) is 0.684. The Labute approximate surface area is 134 Å². The second-order valence-corrected chi connectivity index (χ2v) is 7.55. The van der Waals surface area contributed by atoms with Gasteiger partial charge in [-0.25, -0.2) is 0 Å². The molecule has 2 aliphatic rings. The molecule has 2 saturated carbocycles. The first-order valence-electron chi connectivity index (χ1n) is 8.66. The Kier molecular flexibility index (Phi) is 4.91. The van der Waals surface area contributed by atoms with Gasteiger partial charge in [-0.15, -0.1) is 0 Å². The highest BCUT2D eigenvalue weighted by atomic mass is 35.5. The van der Waals surface area contributed by atoms with Crippen LogP contribution in [0.1, 0.15) is 62.5 Å². The van der Waals surface area contributed by atoms with Crippen molar-refractivity contribution >= 4 is 11.6 Å². The van der Waals surface area contributed by atoms with Gasteiger partial charge in [0.2, 0.25) is 0 Å². The number of hydrogen-bond donors (Lipinski definition) is 1. The van der Waals surface area contributed by atoms with Crippen LogP contribution in [0.3, 0.4) is 0 Å². The summed E-state index contributed by atoms with van der Waals surface area (Å²) in [4.78, 5) is 0. The number of rotatable bonds is 5. The van der Waals surface area contributed by atoms with Crippen LogP contribution in [0.5, 0.6) is 0 Å². The minimum atomic E-state index is 0.688. The molecule has 1 aromatic rings. The third-order valence-electron chi connectivity index (χ3n) is 5.55. The van der Waals surface area contributed by atoms with Crippen molar-refractivity contribution in [2.45, 2.75) is 64.3 Å². The van der Waals surface area contributed by atoms with Crippen LogP contribution in [0, 0.1) is 18.8 Å². The second kappa shape index (κ2) is 6.71. The van der Waals surface area contributed by atoms with Crippen molar-refractivity contribution in [1.82, 2.24) is 5.32 Å². The second-order valence-electron chi connectivity index (χ2n) is 7.15. The molecule has 0 amide bonds. The molecule has 0 bridgehead atoms.